The molecule has 4 atom stereocenters. The van der Waals surface area contributed by atoms with Gasteiger partial charge in [-0.3, -0.25) is 0 Å². The van der Waals surface area contributed by atoms with Crippen molar-refractivity contribution in [2.75, 3.05) is 45.2 Å². The Morgan fingerprint density at radius 2 is 2.14 bits per heavy atom. The fourth-order valence-electron chi connectivity index (χ4n) is 5.08. The van der Waals surface area contributed by atoms with Crippen LogP contribution in [-0.2, 0) is 14.3 Å². The van der Waals surface area contributed by atoms with E-state index in [1.807, 2.05) is 19.0 Å². The number of carboxylic acids is 1. The summed E-state index contributed by atoms with van der Waals surface area (Å²) in [5.41, 5.74) is 0.313. The summed E-state index contributed by atoms with van der Waals surface area (Å²) in [6, 6.07) is 3.02. The van der Waals surface area contributed by atoms with Crippen LogP contribution in [0.1, 0.15) is 12.8 Å². The third-order valence-electron chi connectivity index (χ3n) is 6.61. The maximum absolute atomic E-state index is 15.3. The number of fused-ring (bicyclic) bond motifs is 1. The molecule has 4 aliphatic heterocycles. The predicted molar refractivity (Wildman–Crippen MR) is 122 cm³/mol. The van der Waals surface area contributed by atoms with Gasteiger partial charge < -0.3 is 29.3 Å². The summed E-state index contributed by atoms with van der Waals surface area (Å²) < 4.78 is 55.7. The summed E-state index contributed by atoms with van der Waals surface area (Å²) in [4.78, 5) is 21.4. The molecule has 1 aromatic rings. The molecule has 4 unspecified atom stereocenters. The zero-order valence-corrected chi connectivity index (χ0v) is 19.5. The third kappa shape index (κ3) is 4.55. The molecule has 0 aromatic heterocycles. The number of hydrogen-bond donors (Lipinski definition) is 1. The number of benzene rings is 1. The molecular weight excluding hydrogens is 465 g/mol. The Morgan fingerprint density at radius 1 is 1.34 bits per heavy atom. The first-order valence-corrected chi connectivity index (χ1v) is 11.5. The standard InChI is InChI=1S/C24H27F3N4O4/c1-29(2)11-17-12-34-24(35-17)5-6-30(13-24)22-19(27)8-14-7-15(23(32)33)10-31(21(14)28-22)20-4-3-16(25)9-18(20)26/h3-4,8-10,17,19,21H,5-7,11-13H2,1-2H3,(H,32,33). The molecule has 2 fully saturated rings. The summed E-state index contributed by atoms with van der Waals surface area (Å²) in [6.45, 7) is 1.92. The van der Waals surface area contributed by atoms with Crippen molar-refractivity contribution in [1.82, 2.24) is 9.80 Å². The van der Waals surface area contributed by atoms with E-state index in [0.29, 0.717) is 38.2 Å². The van der Waals surface area contributed by atoms with Crippen molar-refractivity contribution in [3.8, 4) is 0 Å². The maximum atomic E-state index is 15.3. The van der Waals surface area contributed by atoms with Crippen LogP contribution in [0.3, 0.4) is 0 Å². The minimum absolute atomic E-state index is 0.0289. The van der Waals surface area contributed by atoms with Gasteiger partial charge in [0.1, 0.15) is 23.6 Å². The van der Waals surface area contributed by atoms with Crippen LogP contribution in [0.25, 0.3) is 0 Å². The normalized spacial score (nSPS) is 30.5. The van der Waals surface area contributed by atoms with Crippen molar-refractivity contribution in [2.45, 2.75) is 37.1 Å². The number of carboxylic acid groups (broad SMARTS) is 1. The highest BCUT2D eigenvalue weighted by Crippen LogP contribution is 2.38. The van der Waals surface area contributed by atoms with Gasteiger partial charge in [-0.05, 0) is 37.9 Å². The van der Waals surface area contributed by atoms with Gasteiger partial charge >= 0.3 is 5.97 Å². The van der Waals surface area contributed by atoms with Crippen molar-refractivity contribution < 1.29 is 32.5 Å². The molecule has 0 saturated carbocycles. The second-order valence-electron chi connectivity index (χ2n) is 9.54. The quantitative estimate of drug-likeness (QED) is 0.648. The molecule has 0 amide bonds. The van der Waals surface area contributed by atoms with Crippen LogP contribution in [0.4, 0.5) is 18.9 Å². The number of hydrogen-bond acceptors (Lipinski definition) is 7. The lowest BCUT2D eigenvalue weighted by atomic mass is 9.94. The fraction of sp³-hybridized carbons (Fsp3) is 0.500. The largest absolute Gasteiger partial charge is 0.478 e. The number of alkyl halides is 1. The Hall–Kier alpha value is -2.89. The number of likely N-dealkylation sites (N-methyl/N-ethyl adjacent to an activating group) is 1. The number of rotatable bonds is 4. The highest BCUT2D eigenvalue weighted by atomic mass is 19.1. The first-order chi connectivity index (χ1) is 16.6. The molecule has 1 N–H and O–H groups in total. The molecule has 0 radical (unpaired) electrons. The summed E-state index contributed by atoms with van der Waals surface area (Å²) in [7, 11) is 3.90. The number of halogens is 3. The maximum Gasteiger partial charge on any atom is 0.333 e. The molecule has 4 aliphatic rings. The molecule has 35 heavy (non-hydrogen) atoms. The van der Waals surface area contributed by atoms with Gasteiger partial charge in [-0.2, -0.15) is 0 Å². The molecule has 1 aromatic carbocycles. The number of dihydropyridines is 1. The molecular formula is C24H27F3N4O4. The molecule has 11 heteroatoms. The van der Waals surface area contributed by atoms with Crippen LogP contribution in [0.15, 0.2) is 46.6 Å². The lowest BCUT2D eigenvalue weighted by Gasteiger charge is -2.38. The van der Waals surface area contributed by atoms with E-state index in [0.717, 1.165) is 12.1 Å². The number of nitrogens with zero attached hydrogens (tertiary/aromatic N) is 4. The molecule has 2 saturated heterocycles. The third-order valence-corrected chi connectivity index (χ3v) is 6.61. The van der Waals surface area contributed by atoms with Gasteiger partial charge in [-0.25, -0.2) is 23.0 Å². The molecule has 0 bridgehead atoms. The lowest BCUT2D eigenvalue weighted by Crippen LogP contribution is -2.46. The van der Waals surface area contributed by atoms with Gasteiger partial charge in [-0.1, -0.05) is 0 Å². The van der Waals surface area contributed by atoms with E-state index in [-0.39, 0.29) is 29.6 Å². The predicted octanol–water partition coefficient (Wildman–Crippen LogP) is 2.53. The second kappa shape index (κ2) is 8.96. The highest BCUT2D eigenvalue weighted by molar-refractivity contribution is 5.92. The molecule has 5 rings (SSSR count). The van der Waals surface area contributed by atoms with Gasteiger partial charge in [0.05, 0.1) is 30.5 Å². The number of carbonyl (C=O) groups is 1. The van der Waals surface area contributed by atoms with Crippen LogP contribution in [0.2, 0.25) is 0 Å². The van der Waals surface area contributed by atoms with Crippen LogP contribution in [-0.4, -0.2) is 91.3 Å². The number of amidine groups is 1. The van der Waals surface area contributed by atoms with E-state index >= 15 is 4.39 Å². The van der Waals surface area contributed by atoms with Crippen LogP contribution in [0, 0.1) is 11.6 Å². The van der Waals surface area contributed by atoms with E-state index in [1.54, 1.807) is 4.90 Å². The number of anilines is 1. The minimum atomic E-state index is -1.57. The van der Waals surface area contributed by atoms with Gasteiger partial charge in [0.15, 0.2) is 12.0 Å². The summed E-state index contributed by atoms with van der Waals surface area (Å²) in [5, 5.41) is 9.55. The van der Waals surface area contributed by atoms with E-state index < -0.39 is 35.7 Å². The average molecular weight is 492 g/mol. The van der Waals surface area contributed by atoms with Crippen molar-refractivity contribution >= 4 is 17.5 Å². The van der Waals surface area contributed by atoms with Gasteiger partial charge in [0.2, 0.25) is 0 Å². The molecule has 188 valence electrons. The highest BCUT2D eigenvalue weighted by Gasteiger charge is 2.49. The minimum Gasteiger partial charge on any atom is -0.478 e. The Balaban J connectivity index is 1.43. The molecule has 0 aliphatic carbocycles. The summed E-state index contributed by atoms with van der Waals surface area (Å²) in [5.74, 6) is -3.51. The Bertz CT molecular complexity index is 1120. The van der Waals surface area contributed by atoms with Crippen molar-refractivity contribution in [3.63, 3.8) is 0 Å². The fourth-order valence-corrected chi connectivity index (χ4v) is 5.08. The summed E-state index contributed by atoms with van der Waals surface area (Å²) in [6.07, 6.45) is 0.629. The second-order valence-corrected chi connectivity index (χ2v) is 9.54. The average Bonchev–Trinajstić information content (AvgIpc) is 3.38. The van der Waals surface area contributed by atoms with E-state index in [2.05, 4.69) is 4.99 Å². The zero-order valence-electron chi connectivity index (χ0n) is 19.5. The van der Waals surface area contributed by atoms with Gasteiger partial charge in [0.25, 0.3) is 0 Å². The Morgan fingerprint density at radius 3 is 2.86 bits per heavy atom. The number of aliphatic imine (C=N–C) groups is 1. The SMILES string of the molecule is CN(C)CC1COC2(CCN(C3=NC4C(=CC3F)CC(C(=O)O)=CN4c3ccc(F)cc3F)C2)O1. The smallest absolute Gasteiger partial charge is 0.333 e. The number of ether oxygens (including phenoxy) is 2. The molecule has 8 nitrogen and oxygen atoms in total. The zero-order chi connectivity index (χ0) is 24.9. The van der Waals surface area contributed by atoms with E-state index in [9.17, 15) is 18.7 Å². The van der Waals surface area contributed by atoms with E-state index in [4.69, 9.17) is 9.47 Å². The monoisotopic (exact) mass is 492 g/mol. The molecule has 1 spiro atoms. The Labute approximate surface area is 200 Å². The summed E-state index contributed by atoms with van der Waals surface area (Å²) >= 11 is 0. The van der Waals surface area contributed by atoms with Crippen molar-refractivity contribution in [2.24, 2.45) is 4.99 Å². The first-order valence-electron chi connectivity index (χ1n) is 11.5. The number of likely N-dealkylation sites (tertiary alicyclic amines) is 1. The van der Waals surface area contributed by atoms with Crippen molar-refractivity contribution in [3.05, 3.63) is 53.3 Å². The van der Waals surface area contributed by atoms with Crippen molar-refractivity contribution in [1.29, 1.82) is 0 Å². The Kier molecular flexibility index (Phi) is 6.10. The lowest BCUT2D eigenvalue weighted by molar-refractivity contribution is -0.155. The van der Waals surface area contributed by atoms with Gasteiger partial charge in [-0.15, -0.1) is 0 Å². The van der Waals surface area contributed by atoms with Crippen LogP contribution >= 0.6 is 0 Å². The molecule has 4 heterocycles. The topological polar surface area (TPSA) is 77.8 Å². The van der Waals surface area contributed by atoms with Gasteiger partial charge in [0, 0.05) is 38.2 Å². The van der Waals surface area contributed by atoms with E-state index in [1.165, 1.54) is 23.2 Å². The number of aliphatic carboxylic acids is 1. The van der Waals surface area contributed by atoms with Crippen LogP contribution in [0.5, 0.6) is 0 Å². The first kappa shape index (κ1) is 23.8. The van der Waals surface area contributed by atoms with Crippen LogP contribution < -0.4 is 4.90 Å².